The molecule has 0 saturated heterocycles. The third-order valence-electron chi connectivity index (χ3n) is 5.12. The van der Waals surface area contributed by atoms with Gasteiger partial charge in [0.1, 0.15) is 11.8 Å². The third-order valence-corrected chi connectivity index (χ3v) is 6.84. The van der Waals surface area contributed by atoms with Crippen molar-refractivity contribution in [3.05, 3.63) is 120 Å². The first-order chi connectivity index (χ1) is 16.9. The Bertz CT molecular complexity index is 1380. The van der Waals surface area contributed by atoms with Crippen LogP contribution in [0.15, 0.2) is 114 Å². The molecular weight excluding hydrogens is 484 g/mol. The average Bonchev–Trinajstić information content (AvgIpc) is 2.87. The van der Waals surface area contributed by atoms with Gasteiger partial charge in [0, 0.05) is 5.02 Å². The molecule has 0 aromatic heterocycles. The first kappa shape index (κ1) is 24.5. The lowest BCUT2D eigenvalue weighted by Crippen LogP contribution is -2.45. The zero-order valence-electron chi connectivity index (χ0n) is 18.6. The topological polar surface area (TPSA) is 84.5 Å². The van der Waals surface area contributed by atoms with Crippen molar-refractivity contribution in [1.82, 2.24) is 4.72 Å². The molecule has 2 N–H and O–H groups in total. The van der Waals surface area contributed by atoms with Crippen LogP contribution in [0.5, 0.6) is 11.5 Å². The minimum atomic E-state index is -3.95. The molecule has 0 bridgehead atoms. The zero-order chi connectivity index (χ0) is 24.7. The Morgan fingerprint density at radius 3 is 2.09 bits per heavy atom. The first-order valence-corrected chi connectivity index (χ1v) is 12.7. The van der Waals surface area contributed by atoms with E-state index in [1.54, 1.807) is 48.5 Å². The van der Waals surface area contributed by atoms with Crippen molar-refractivity contribution >= 4 is 33.2 Å². The van der Waals surface area contributed by atoms with E-state index in [1.165, 1.54) is 12.1 Å². The SMILES string of the molecule is O=C(Nc1cc(Cl)ccc1Oc1ccccc1)[C@@H](Cc1ccccc1)NS(=O)(=O)c1ccccc1. The third kappa shape index (κ3) is 6.70. The number of carbonyl (C=O) groups excluding carboxylic acids is 1. The van der Waals surface area contributed by atoms with Gasteiger partial charge < -0.3 is 10.1 Å². The molecule has 4 aromatic rings. The van der Waals surface area contributed by atoms with Crippen LogP contribution in [0.3, 0.4) is 0 Å². The predicted molar refractivity (Wildman–Crippen MR) is 137 cm³/mol. The molecule has 1 atom stereocenters. The van der Waals surface area contributed by atoms with Gasteiger partial charge in [0.05, 0.1) is 10.6 Å². The molecule has 0 radical (unpaired) electrons. The standard InChI is InChI=1S/C27H23ClN2O4S/c28-21-16-17-26(34-22-12-6-2-7-13-22)24(19-21)29-27(31)25(18-20-10-4-1-5-11-20)30-35(32,33)23-14-8-3-9-15-23/h1-17,19,25,30H,18H2,(H,29,31)/t25-/m1/s1. The van der Waals surface area contributed by atoms with E-state index >= 15 is 0 Å². The Balaban J connectivity index is 1.62. The number of amides is 1. The number of anilines is 1. The quantitative estimate of drug-likeness (QED) is 0.307. The first-order valence-electron chi connectivity index (χ1n) is 10.9. The Kier molecular flexibility index (Phi) is 7.82. The molecule has 0 unspecified atom stereocenters. The van der Waals surface area contributed by atoms with Gasteiger partial charge in [0.15, 0.2) is 5.75 Å². The minimum absolute atomic E-state index is 0.0710. The summed E-state index contributed by atoms with van der Waals surface area (Å²) in [6.07, 6.45) is 0.147. The van der Waals surface area contributed by atoms with Crippen LogP contribution in [-0.2, 0) is 21.2 Å². The van der Waals surface area contributed by atoms with Gasteiger partial charge in [-0.2, -0.15) is 4.72 Å². The largest absolute Gasteiger partial charge is 0.455 e. The maximum Gasteiger partial charge on any atom is 0.243 e. The van der Waals surface area contributed by atoms with Crippen molar-refractivity contribution in [2.45, 2.75) is 17.4 Å². The highest BCUT2D eigenvalue weighted by molar-refractivity contribution is 7.89. The molecular formula is C27H23ClN2O4S. The van der Waals surface area contributed by atoms with E-state index in [2.05, 4.69) is 10.0 Å². The Morgan fingerprint density at radius 1 is 0.829 bits per heavy atom. The van der Waals surface area contributed by atoms with Crippen molar-refractivity contribution in [3.8, 4) is 11.5 Å². The van der Waals surface area contributed by atoms with E-state index in [4.69, 9.17) is 16.3 Å². The fourth-order valence-corrected chi connectivity index (χ4v) is 4.81. The summed E-state index contributed by atoms with van der Waals surface area (Å²) in [6, 6.07) is 30.0. The van der Waals surface area contributed by atoms with E-state index in [9.17, 15) is 13.2 Å². The molecule has 0 spiro atoms. The van der Waals surface area contributed by atoms with Crippen molar-refractivity contribution in [2.24, 2.45) is 0 Å². The summed E-state index contributed by atoms with van der Waals surface area (Å²) in [4.78, 5) is 13.5. The van der Waals surface area contributed by atoms with Crippen molar-refractivity contribution in [3.63, 3.8) is 0 Å². The summed E-state index contributed by atoms with van der Waals surface area (Å²) < 4.78 is 34.5. The molecule has 0 heterocycles. The van der Waals surface area contributed by atoms with E-state index in [0.29, 0.717) is 22.2 Å². The maximum atomic E-state index is 13.4. The second kappa shape index (κ2) is 11.2. The van der Waals surface area contributed by atoms with Gasteiger partial charge in [-0.1, -0.05) is 78.3 Å². The van der Waals surface area contributed by atoms with Crippen LogP contribution < -0.4 is 14.8 Å². The van der Waals surface area contributed by atoms with Gasteiger partial charge in [-0.05, 0) is 54.4 Å². The normalized spacial score (nSPS) is 12.0. The fourth-order valence-electron chi connectivity index (χ4n) is 3.42. The number of nitrogens with one attached hydrogen (secondary N) is 2. The highest BCUT2D eigenvalue weighted by Crippen LogP contribution is 2.32. The lowest BCUT2D eigenvalue weighted by molar-refractivity contribution is -0.117. The van der Waals surface area contributed by atoms with Crippen molar-refractivity contribution in [1.29, 1.82) is 0 Å². The number of para-hydroxylation sites is 1. The number of sulfonamides is 1. The second-order valence-corrected chi connectivity index (χ2v) is 9.87. The highest BCUT2D eigenvalue weighted by atomic mass is 35.5. The molecule has 0 aliphatic heterocycles. The molecule has 0 aliphatic carbocycles. The molecule has 178 valence electrons. The second-order valence-electron chi connectivity index (χ2n) is 7.72. The molecule has 0 aliphatic rings. The number of ether oxygens (including phenoxy) is 1. The molecule has 6 nitrogen and oxygen atoms in total. The molecule has 0 fully saturated rings. The van der Waals surface area contributed by atoms with Crippen LogP contribution >= 0.6 is 11.6 Å². The number of benzene rings is 4. The summed E-state index contributed by atoms with van der Waals surface area (Å²) in [6.45, 7) is 0. The van der Waals surface area contributed by atoms with Crippen molar-refractivity contribution < 1.29 is 17.9 Å². The maximum absolute atomic E-state index is 13.4. The highest BCUT2D eigenvalue weighted by Gasteiger charge is 2.27. The molecule has 4 aromatic carbocycles. The van der Waals surface area contributed by atoms with Crippen molar-refractivity contribution in [2.75, 3.05) is 5.32 Å². The Hall–Kier alpha value is -3.65. The number of carbonyl (C=O) groups is 1. The fraction of sp³-hybridized carbons (Fsp3) is 0.0741. The summed E-state index contributed by atoms with van der Waals surface area (Å²) >= 11 is 6.18. The van der Waals surface area contributed by atoms with Gasteiger partial charge in [-0.3, -0.25) is 4.79 Å². The minimum Gasteiger partial charge on any atom is -0.455 e. The van der Waals surface area contributed by atoms with Crippen LogP contribution in [-0.4, -0.2) is 20.4 Å². The van der Waals surface area contributed by atoms with Gasteiger partial charge in [0.25, 0.3) is 0 Å². The number of rotatable bonds is 9. The Morgan fingerprint density at radius 2 is 1.43 bits per heavy atom. The molecule has 0 saturated carbocycles. The van der Waals surface area contributed by atoms with Crippen LogP contribution in [0.25, 0.3) is 0 Å². The number of hydrogen-bond acceptors (Lipinski definition) is 4. The number of halogens is 1. The average molecular weight is 507 g/mol. The summed E-state index contributed by atoms with van der Waals surface area (Å²) in [5.41, 5.74) is 1.12. The molecule has 8 heteroatoms. The summed E-state index contributed by atoms with van der Waals surface area (Å²) in [7, 11) is -3.95. The van der Waals surface area contributed by atoms with Crippen LogP contribution in [0.2, 0.25) is 5.02 Å². The van der Waals surface area contributed by atoms with Gasteiger partial charge >= 0.3 is 0 Å². The lowest BCUT2D eigenvalue weighted by Gasteiger charge is -2.20. The zero-order valence-corrected chi connectivity index (χ0v) is 20.2. The van der Waals surface area contributed by atoms with E-state index in [-0.39, 0.29) is 11.3 Å². The van der Waals surface area contributed by atoms with Crippen LogP contribution in [0.4, 0.5) is 5.69 Å². The molecule has 35 heavy (non-hydrogen) atoms. The summed E-state index contributed by atoms with van der Waals surface area (Å²) in [5.74, 6) is 0.405. The van der Waals surface area contributed by atoms with Gasteiger partial charge in [-0.15, -0.1) is 0 Å². The summed E-state index contributed by atoms with van der Waals surface area (Å²) in [5, 5.41) is 3.18. The lowest BCUT2D eigenvalue weighted by atomic mass is 10.1. The van der Waals surface area contributed by atoms with Crippen LogP contribution in [0, 0.1) is 0 Å². The smallest absolute Gasteiger partial charge is 0.243 e. The van der Waals surface area contributed by atoms with Crippen LogP contribution in [0.1, 0.15) is 5.56 Å². The molecule has 4 rings (SSSR count). The Labute approximate surface area is 209 Å². The molecule has 1 amide bonds. The predicted octanol–water partition coefficient (Wildman–Crippen LogP) is 5.66. The monoisotopic (exact) mass is 506 g/mol. The number of hydrogen-bond donors (Lipinski definition) is 2. The van der Waals surface area contributed by atoms with E-state index in [0.717, 1.165) is 5.56 Å². The van der Waals surface area contributed by atoms with E-state index in [1.807, 2.05) is 48.5 Å². The van der Waals surface area contributed by atoms with Gasteiger partial charge in [-0.25, -0.2) is 8.42 Å². The van der Waals surface area contributed by atoms with E-state index < -0.39 is 22.0 Å². The van der Waals surface area contributed by atoms with Gasteiger partial charge in [0.2, 0.25) is 15.9 Å².